The molecule has 29 heavy (non-hydrogen) atoms. The van der Waals surface area contributed by atoms with Crippen LogP contribution < -0.4 is 5.32 Å². The minimum Gasteiger partial charge on any atom is -0.483 e. The van der Waals surface area contributed by atoms with Gasteiger partial charge in [0, 0.05) is 62.4 Å². The van der Waals surface area contributed by atoms with Crippen molar-refractivity contribution in [1.82, 2.24) is 20.0 Å². The average Bonchev–Trinajstić information content (AvgIpc) is 3.09. The molecule has 1 aliphatic rings. The number of halogens is 1. The first-order chi connectivity index (χ1) is 14.0. The maximum Gasteiger partial charge on any atom is 0.290 e. The molecule has 0 atom stereocenters. The second-order valence-corrected chi connectivity index (χ2v) is 6.60. The van der Waals surface area contributed by atoms with Crippen LogP contribution >= 0.6 is 0 Å². The van der Waals surface area contributed by atoms with Gasteiger partial charge in [-0.2, -0.15) is 5.10 Å². The van der Waals surface area contributed by atoms with Crippen LogP contribution in [-0.2, 0) is 42.3 Å². The first-order valence-electron chi connectivity index (χ1n) is 9.52. The molecular formula is C20H27FN4O4. The normalized spacial score (nSPS) is 13.2. The van der Waals surface area contributed by atoms with Crippen molar-refractivity contribution < 1.29 is 24.2 Å². The zero-order valence-electron chi connectivity index (χ0n) is 16.5. The summed E-state index contributed by atoms with van der Waals surface area (Å²) >= 11 is 0. The highest BCUT2D eigenvalue weighted by molar-refractivity contribution is 5.76. The van der Waals surface area contributed by atoms with Crippen LogP contribution in [0.25, 0.3) is 0 Å². The lowest BCUT2D eigenvalue weighted by Gasteiger charge is -2.27. The molecule has 9 heteroatoms. The van der Waals surface area contributed by atoms with Crippen molar-refractivity contribution >= 4 is 12.4 Å². The van der Waals surface area contributed by atoms with Gasteiger partial charge in [0.25, 0.3) is 6.47 Å². The van der Waals surface area contributed by atoms with E-state index in [0.29, 0.717) is 25.1 Å². The van der Waals surface area contributed by atoms with Crippen LogP contribution in [0.2, 0.25) is 0 Å². The predicted octanol–water partition coefficient (Wildman–Crippen LogP) is 1.30. The van der Waals surface area contributed by atoms with Gasteiger partial charge in [-0.1, -0.05) is 18.2 Å². The molecule has 3 rings (SSSR count). The highest BCUT2D eigenvalue weighted by atomic mass is 19.1. The number of nitrogens with zero attached hydrogens (tertiary/aromatic N) is 3. The Labute approximate surface area is 168 Å². The van der Waals surface area contributed by atoms with Gasteiger partial charge in [-0.05, 0) is 13.0 Å². The van der Waals surface area contributed by atoms with Crippen molar-refractivity contribution in [2.75, 3.05) is 13.1 Å². The van der Waals surface area contributed by atoms with Gasteiger partial charge in [-0.15, -0.1) is 0 Å². The third-order valence-corrected chi connectivity index (χ3v) is 4.83. The molecule has 0 aliphatic carbocycles. The zero-order valence-corrected chi connectivity index (χ0v) is 16.5. The average molecular weight is 406 g/mol. The lowest BCUT2D eigenvalue weighted by Crippen LogP contribution is -2.35. The summed E-state index contributed by atoms with van der Waals surface area (Å²) in [5.74, 6) is -0.397. The van der Waals surface area contributed by atoms with Crippen LogP contribution in [0.5, 0.6) is 0 Å². The summed E-state index contributed by atoms with van der Waals surface area (Å²) in [6.07, 6.45) is 1.23. The lowest BCUT2D eigenvalue weighted by molar-refractivity contribution is -0.123. The van der Waals surface area contributed by atoms with Crippen molar-refractivity contribution in [2.45, 2.75) is 46.0 Å². The van der Waals surface area contributed by atoms with Crippen molar-refractivity contribution in [1.29, 1.82) is 0 Å². The largest absolute Gasteiger partial charge is 0.483 e. The third kappa shape index (κ3) is 6.10. The third-order valence-electron chi connectivity index (χ3n) is 4.83. The summed E-state index contributed by atoms with van der Waals surface area (Å²) in [5, 5.41) is 23.6. The molecule has 0 fully saturated rings. The SMILES string of the molecule is CCn1nc(CO)c2c1CCN(CCC(=O)NCc1ccccc1F)C2.O=CO. The Morgan fingerprint density at radius 3 is 2.76 bits per heavy atom. The fourth-order valence-corrected chi connectivity index (χ4v) is 3.38. The maximum atomic E-state index is 13.6. The van der Waals surface area contributed by atoms with E-state index < -0.39 is 0 Å². The highest BCUT2D eigenvalue weighted by Crippen LogP contribution is 2.23. The first kappa shape index (κ1) is 22.5. The Morgan fingerprint density at radius 2 is 2.10 bits per heavy atom. The Balaban J connectivity index is 0.000000941. The summed E-state index contributed by atoms with van der Waals surface area (Å²) in [4.78, 5) is 22.6. The molecule has 8 nitrogen and oxygen atoms in total. The van der Waals surface area contributed by atoms with Crippen LogP contribution in [0.1, 0.15) is 35.9 Å². The van der Waals surface area contributed by atoms with E-state index in [4.69, 9.17) is 9.90 Å². The van der Waals surface area contributed by atoms with Crippen molar-refractivity contribution in [3.63, 3.8) is 0 Å². The molecule has 2 aromatic rings. The molecule has 2 heterocycles. The molecule has 1 aromatic carbocycles. The monoisotopic (exact) mass is 406 g/mol. The van der Waals surface area contributed by atoms with E-state index in [-0.39, 0.29) is 31.3 Å². The molecule has 0 bridgehead atoms. The second kappa shape index (κ2) is 11.3. The zero-order chi connectivity index (χ0) is 21.2. The Bertz CT molecular complexity index is 825. The number of aryl methyl sites for hydroxylation is 1. The molecule has 0 saturated carbocycles. The number of nitrogens with one attached hydrogen (secondary N) is 1. The van der Waals surface area contributed by atoms with Gasteiger partial charge in [-0.3, -0.25) is 19.2 Å². The molecule has 0 spiro atoms. The van der Waals surface area contributed by atoms with Crippen molar-refractivity contribution in [2.24, 2.45) is 0 Å². The van der Waals surface area contributed by atoms with Crippen molar-refractivity contribution in [3.8, 4) is 0 Å². The summed E-state index contributed by atoms with van der Waals surface area (Å²) in [6.45, 7) is 4.92. The number of carboxylic acid groups (broad SMARTS) is 1. The molecule has 0 radical (unpaired) electrons. The molecular weight excluding hydrogens is 379 g/mol. The van der Waals surface area contributed by atoms with E-state index in [1.807, 2.05) is 11.6 Å². The fourth-order valence-electron chi connectivity index (χ4n) is 3.38. The quantitative estimate of drug-likeness (QED) is 0.599. The number of carbonyl (C=O) groups is 2. The standard InChI is InChI=1S/C19H25FN4O2.CH2O2/c1-2-24-18-7-9-23(12-15(18)17(13-25)22-24)10-8-19(26)21-11-14-5-3-4-6-16(14)20;2-1-3/h3-6,25H,2,7-13H2,1H3,(H,21,26);1H,(H,2,3). The Hall–Kier alpha value is -2.78. The van der Waals surface area contributed by atoms with Gasteiger partial charge in [0.05, 0.1) is 12.3 Å². The van der Waals surface area contributed by atoms with E-state index >= 15 is 0 Å². The predicted molar refractivity (Wildman–Crippen MR) is 104 cm³/mol. The first-order valence-corrected chi connectivity index (χ1v) is 9.52. The highest BCUT2D eigenvalue weighted by Gasteiger charge is 2.24. The second-order valence-electron chi connectivity index (χ2n) is 6.60. The van der Waals surface area contributed by atoms with E-state index in [1.54, 1.807) is 18.2 Å². The summed E-state index contributed by atoms with van der Waals surface area (Å²) < 4.78 is 15.5. The van der Waals surface area contributed by atoms with Gasteiger partial charge < -0.3 is 15.5 Å². The van der Waals surface area contributed by atoms with Crippen LogP contribution in [0.4, 0.5) is 4.39 Å². The lowest BCUT2D eigenvalue weighted by atomic mass is 10.0. The van der Waals surface area contributed by atoms with E-state index in [1.165, 1.54) is 11.8 Å². The summed E-state index contributed by atoms with van der Waals surface area (Å²) in [7, 11) is 0. The molecule has 1 aromatic heterocycles. The van der Waals surface area contributed by atoms with Crippen molar-refractivity contribution in [3.05, 3.63) is 52.6 Å². The summed E-state index contributed by atoms with van der Waals surface area (Å²) in [6, 6.07) is 6.45. The van der Waals surface area contributed by atoms with Crippen LogP contribution in [0.3, 0.4) is 0 Å². The smallest absolute Gasteiger partial charge is 0.290 e. The Kier molecular flexibility index (Phi) is 8.75. The van der Waals surface area contributed by atoms with E-state index in [2.05, 4.69) is 15.3 Å². The van der Waals surface area contributed by atoms with Crippen LogP contribution in [0.15, 0.2) is 24.3 Å². The van der Waals surface area contributed by atoms with Gasteiger partial charge in [0.15, 0.2) is 0 Å². The van der Waals surface area contributed by atoms with Crippen LogP contribution in [0, 0.1) is 5.82 Å². The van der Waals surface area contributed by atoms with Gasteiger partial charge >= 0.3 is 0 Å². The number of aromatic nitrogens is 2. The number of aliphatic hydroxyl groups is 1. The molecule has 1 aliphatic heterocycles. The van der Waals surface area contributed by atoms with E-state index in [9.17, 15) is 14.3 Å². The number of benzene rings is 1. The van der Waals surface area contributed by atoms with E-state index in [0.717, 1.165) is 30.8 Å². The maximum absolute atomic E-state index is 13.6. The van der Waals surface area contributed by atoms with Gasteiger partial charge in [0.1, 0.15) is 5.82 Å². The molecule has 0 saturated heterocycles. The number of carbonyl (C=O) groups excluding carboxylic acids is 1. The molecule has 3 N–H and O–H groups in total. The van der Waals surface area contributed by atoms with Crippen LogP contribution in [-0.4, -0.2) is 50.4 Å². The number of aliphatic hydroxyl groups excluding tert-OH is 1. The minimum absolute atomic E-state index is 0.0632. The summed E-state index contributed by atoms with van der Waals surface area (Å²) in [5.41, 5.74) is 3.50. The molecule has 0 unspecified atom stereocenters. The van der Waals surface area contributed by atoms with Gasteiger partial charge in [-0.25, -0.2) is 4.39 Å². The Morgan fingerprint density at radius 1 is 1.38 bits per heavy atom. The number of rotatable bonds is 7. The number of fused-ring (bicyclic) bond motifs is 1. The molecule has 1 amide bonds. The topological polar surface area (TPSA) is 108 Å². The molecule has 158 valence electrons. The number of amides is 1. The minimum atomic E-state index is -0.305. The number of hydrogen-bond donors (Lipinski definition) is 3. The number of hydrogen-bond acceptors (Lipinski definition) is 5. The fraction of sp³-hybridized carbons (Fsp3) is 0.450. The van der Waals surface area contributed by atoms with Gasteiger partial charge in [0.2, 0.25) is 5.91 Å².